The number of fused-ring (bicyclic) bond motifs is 6. The summed E-state index contributed by atoms with van der Waals surface area (Å²) in [6, 6.07) is 23.0. The first-order valence-corrected chi connectivity index (χ1v) is 13.1. The summed E-state index contributed by atoms with van der Waals surface area (Å²) in [6.07, 6.45) is 5.95. The van der Waals surface area contributed by atoms with Crippen LogP contribution in [0.2, 0.25) is 0 Å². The largest absolute Gasteiger partial charge is 0.345 e. The van der Waals surface area contributed by atoms with Crippen LogP contribution in [-0.2, 0) is 10.8 Å². The van der Waals surface area contributed by atoms with Crippen molar-refractivity contribution >= 4 is 21.8 Å². The number of rotatable bonds is 4. The van der Waals surface area contributed by atoms with E-state index >= 15 is 0 Å². The Morgan fingerprint density at radius 1 is 0.892 bits per heavy atom. The zero-order valence-corrected chi connectivity index (χ0v) is 22.7. The molecule has 0 radical (unpaired) electrons. The number of H-pyrrole nitrogens is 1. The van der Waals surface area contributed by atoms with E-state index in [-0.39, 0.29) is 10.8 Å². The average Bonchev–Trinajstić information content (AvgIpc) is 3.45. The highest BCUT2D eigenvalue weighted by molar-refractivity contribution is 6.07. The Morgan fingerprint density at radius 3 is 2.30 bits per heavy atom. The number of nitrogens with zero attached hydrogens (tertiary/aromatic N) is 1. The maximum absolute atomic E-state index is 4.62. The minimum Gasteiger partial charge on any atom is -0.345 e. The third-order valence-corrected chi connectivity index (χ3v) is 8.71. The second-order valence-corrected chi connectivity index (χ2v) is 11.5. The number of aromatic amines is 1. The number of allylic oxidation sites excluding steroid dienone is 3. The molecule has 0 atom stereocenters. The van der Waals surface area contributed by atoms with E-state index in [2.05, 4.69) is 125 Å². The van der Waals surface area contributed by atoms with Crippen LogP contribution in [0.1, 0.15) is 56.9 Å². The van der Waals surface area contributed by atoms with Gasteiger partial charge in [0.15, 0.2) is 0 Å². The zero-order chi connectivity index (χ0) is 26.1. The van der Waals surface area contributed by atoms with E-state index in [1.165, 1.54) is 60.9 Å². The zero-order valence-electron chi connectivity index (χ0n) is 22.7. The van der Waals surface area contributed by atoms with E-state index in [0.29, 0.717) is 0 Å². The van der Waals surface area contributed by atoms with Crippen molar-refractivity contribution in [3.63, 3.8) is 0 Å². The molecule has 1 aliphatic rings. The molecule has 2 nitrogen and oxygen atoms in total. The molecule has 0 saturated heterocycles. The molecule has 0 saturated carbocycles. The summed E-state index contributed by atoms with van der Waals surface area (Å²) in [7, 11) is 0. The highest BCUT2D eigenvalue weighted by Gasteiger charge is 2.37. The quantitative estimate of drug-likeness (QED) is 0.254. The number of aryl methyl sites for hydroxylation is 1. The van der Waals surface area contributed by atoms with Gasteiger partial charge in [0.05, 0.1) is 17.4 Å². The number of benzene rings is 4. The predicted molar refractivity (Wildman–Crippen MR) is 158 cm³/mol. The summed E-state index contributed by atoms with van der Waals surface area (Å²) >= 11 is 0. The molecule has 5 aromatic rings. The SMILES string of the molecule is C=C/C(=C\C)C(C)(C)c1ccc2c(c1)C(C)(C)c1cc(-c3ccc4c(C)cc5[nH]cnc5c4c3)ccc1-2. The highest BCUT2D eigenvalue weighted by atomic mass is 14.9. The van der Waals surface area contributed by atoms with Crippen LogP contribution in [0.25, 0.3) is 44.1 Å². The third kappa shape index (κ3) is 3.35. The summed E-state index contributed by atoms with van der Waals surface area (Å²) < 4.78 is 0. The lowest BCUT2D eigenvalue weighted by atomic mass is 9.74. The van der Waals surface area contributed by atoms with Crippen LogP contribution in [0.5, 0.6) is 0 Å². The first-order chi connectivity index (χ1) is 17.7. The van der Waals surface area contributed by atoms with Crippen LogP contribution >= 0.6 is 0 Å². The predicted octanol–water partition coefficient (Wildman–Crippen LogP) is 9.41. The van der Waals surface area contributed by atoms with Crippen LogP contribution in [0, 0.1) is 6.92 Å². The van der Waals surface area contributed by atoms with Gasteiger partial charge in [0.1, 0.15) is 0 Å². The molecule has 1 aromatic heterocycles. The van der Waals surface area contributed by atoms with Crippen molar-refractivity contribution in [2.75, 3.05) is 0 Å². The van der Waals surface area contributed by atoms with Gasteiger partial charge in [0.2, 0.25) is 0 Å². The maximum Gasteiger partial charge on any atom is 0.0961 e. The van der Waals surface area contributed by atoms with Crippen molar-refractivity contribution in [2.45, 2.75) is 52.4 Å². The number of hydrogen-bond acceptors (Lipinski definition) is 1. The first-order valence-electron chi connectivity index (χ1n) is 13.1. The minimum absolute atomic E-state index is 0.0834. The van der Waals surface area contributed by atoms with Gasteiger partial charge in [0, 0.05) is 16.2 Å². The number of nitrogens with one attached hydrogen (secondary N) is 1. The summed E-state index contributed by atoms with van der Waals surface area (Å²) in [5.41, 5.74) is 13.7. The molecule has 4 aromatic carbocycles. The van der Waals surface area contributed by atoms with Gasteiger partial charge in [-0.2, -0.15) is 0 Å². The summed E-state index contributed by atoms with van der Waals surface area (Å²) in [6.45, 7) is 17.6. The van der Waals surface area contributed by atoms with Crippen LogP contribution in [0.3, 0.4) is 0 Å². The highest BCUT2D eigenvalue weighted by Crippen LogP contribution is 2.51. The van der Waals surface area contributed by atoms with Crippen molar-refractivity contribution in [2.24, 2.45) is 0 Å². The van der Waals surface area contributed by atoms with Crippen LogP contribution in [-0.4, -0.2) is 9.97 Å². The minimum atomic E-state index is -0.0949. The lowest BCUT2D eigenvalue weighted by molar-refractivity contribution is 0.625. The van der Waals surface area contributed by atoms with Gasteiger partial charge in [-0.25, -0.2) is 4.98 Å². The lowest BCUT2D eigenvalue weighted by Crippen LogP contribution is -2.21. The number of aromatic nitrogens is 2. The van der Waals surface area contributed by atoms with Crippen molar-refractivity contribution in [3.8, 4) is 22.3 Å². The van der Waals surface area contributed by atoms with E-state index in [1.807, 2.05) is 6.08 Å². The molecule has 1 aliphatic carbocycles. The second-order valence-electron chi connectivity index (χ2n) is 11.5. The summed E-state index contributed by atoms with van der Waals surface area (Å²) in [5, 5.41) is 2.46. The number of hydrogen-bond donors (Lipinski definition) is 1. The Morgan fingerprint density at radius 2 is 1.57 bits per heavy atom. The summed E-state index contributed by atoms with van der Waals surface area (Å²) in [4.78, 5) is 7.89. The smallest absolute Gasteiger partial charge is 0.0961 e. The molecule has 6 rings (SSSR count). The molecular formula is C35H34N2. The van der Waals surface area contributed by atoms with Crippen molar-refractivity contribution < 1.29 is 0 Å². The van der Waals surface area contributed by atoms with Crippen molar-refractivity contribution in [1.29, 1.82) is 0 Å². The molecule has 0 fully saturated rings. The van der Waals surface area contributed by atoms with Crippen LogP contribution in [0.4, 0.5) is 0 Å². The lowest BCUT2D eigenvalue weighted by Gasteiger charge is -2.29. The van der Waals surface area contributed by atoms with Gasteiger partial charge in [-0.1, -0.05) is 88.9 Å². The second kappa shape index (κ2) is 8.05. The van der Waals surface area contributed by atoms with E-state index in [1.54, 1.807) is 6.33 Å². The van der Waals surface area contributed by atoms with E-state index in [0.717, 1.165) is 11.0 Å². The Balaban J connectivity index is 1.47. The fraction of sp³-hybridized carbons (Fsp3) is 0.229. The Kier molecular flexibility index (Phi) is 5.11. The standard InChI is InChI=1S/C35H34N2/c1-8-24(9-2)34(4,5)25-12-15-28-27-14-11-23(18-30(27)35(6,7)31(28)19-25)22-10-13-26-21(3)16-32-33(29(26)17-22)37-20-36-32/h8-20H,1H2,2-7H3,(H,36,37)/b24-9+. The van der Waals surface area contributed by atoms with Crippen molar-refractivity contribution in [1.82, 2.24) is 9.97 Å². The normalized spacial score (nSPS) is 14.7. The molecule has 0 amide bonds. The molecule has 2 heteroatoms. The molecule has 1 heterocycles. The fourth-order valence-corrected chi connectivity index (χ4v) is 6.39. The first kappa shape index (κ1) is 23.5. The molecule has 0 bridgehead atoms. The average molecular weight is 483 g/mol. The molecule has 184 valence electrons. The van der Waals surface area contributed by atoms with E-state index in [9.17, 15) is 0 Å². The fourth-order valence-electron chi connectivity index (χ4n) is 6.39. The third-order valence-electron chi connectivity index (χ3n) is 8.71. The van der Waals surface area contributed by atoms with Crippen LogP contribution in [0.15, 0.2) is 91.3 Å². The molecule has 37 heavy (non-hydrogen) atoms. The van der Waals surface area contributed by atoms with Crippen LogP contribution < -0.4 is 0 Å². The van der Waals surface area contributed by atoms with Gasteiger partial charge in [-0.15, -0.1) is 0 Å². The monoisotopic (exact) mass is 482 g/mol. The van der Waals surface area contributed by atoms with Gasteiger partial charge >= 0.3 is 0 Å². The Bertz CT molecular complexity index is 1760. The number of imidazole rings is 1. The Labute approximate surface area is 219 Å². The molecule has 0 aliphatic heterocycles. The molecular weight excluding hydrogens is 448 g/mol. The Hall–Kier alpha value is -3.91. The molecule has 1 N–H and O–H groups in total. The van der Waals surface area contributed by atoms with Gasteiger partial charge in [0.25, 0.3) is 0 Å². The van der Waals surface area contributed by atoms with E-state index < -0.39 is 0 Å². The van der Waals surface area contributed by atoms with Gasteiger partial charge in [-0.3, -0.25) is 0 Å². The molecule has 0 unspecified atom stereocenters. The van der Waals surface area contributed by atoms with Gasteiger partial charge in [-0.05, 0) is 87.5 Å². The molecule has 0 spiro atoms. The maximum atomic E-state index is 4.62. The van der Waals surface area contributed by atoms with E-state index in [4.69, 9.17) is 0 Å². The van der Waals surface area contributed by atoms with Gasteiger partial charge < -0.3 is 4.98 Å². The summed E-state index contributed by atoms with van der Waals surface area (Å²) in [5.74, 6) is 0. The topological polar surface area (TPSA) is 28.7 Å². The van der Waals surface area contributed by atoms with Crippen molar-refractivity contribution in [3.05, 3.63) is 114 Å².